The van der Waals surface area contributed by atoms with E-state index in [2.05, 4.69) is 15.2 Å². The molecule has 2 saturated heterocycles. The van der Waals surface area contributed by atoms with E-state index in [1.807, 2.05) is 0 Å². The van der Waals surface area contributed by atoms with E-state index in [4.69, 9.17) is 10.5 Å². The third-order valence-corrected chi connectivity index (χ3v) is 6.86. The highest BCUT2D eigenvalue weighted by molar-refractivity contribution is 14.0. The second-order valence-corrected chi connectivity index (χ2v) is 9.14. The summed E-state index contributed by atoms with van der Waals surface area (Å²) in [5.41, 5.74) is 5.79. The largest absolute Gasteiger partial charge is 0.379 e. The number of sulfonamides is 1. The quantitative estimate of drug-likeness (QED) is 0.200. The van der Waals surface area contributed by atoms with Gasteiger partial charge in [0.15, 0.2) is 5.96 Å². The molecule has 11 heteroatoms. The van der Waals surface area contributed by atoms with Gasteiger partial charge < -0.3 is 15.8 Å². The Bertz CT molecular complexity index is 495. The first-order valence-electron chi connectivity index (χ1n) is 8.47. The number of halogens is 1. The summed E-state index contributed by atoms with van der Waals surface area (Å²) >= 11 is 1.79. The maximum atomic E-state index is 12.2. The molecule has 0 aromatic heterocycles. The van der Waals surface area contributed by atoms with Gasteiger partial charge in [0.2, 0.25) is 10.0 Å². The van der Waals surface area contributed by atoms with E-state index in [9.17, 15) is 8.42 Å². The number of aliphatic imine (C=N–C) groups is 1. The molecule has 0 aromatic rings. The zero-order chi connectivity index (χ0) is 17.3. The second kappa shape index (κ2) is 12.5. The molecule has 0 saturated carbocycles. The van der Waals surface area contributed by atoms with E-state index in [1.165, 1.54) is 0 Å². The molecule has 148 valence electrons. The van der Waals surface area contributed by atoms with Gasteiger partial charge in [-0.1, -0.05) is 0 Å². The van der Waals surface area contributed by atoms with Gasteiger partial charge in [-0.3, -0.25) is 9.89 Å². The zero-order valence-electron chi connectivity index (χ0n) is 14.6. The van der Waals surface area contributed by atoms with Crippen molar-refractivity contribution in [3.8, 4) is 0 Å². The molecular weight excluding hydrogens is 477 g/mol. The Balaban J connectivity index is 0.00000312. The minimum absolute atomic E-state index is 0. The average molecular weight is 507 g/mol. The highest BCUT2D eigenvalue weighted by atomic mass is 127. The van der Waals surface area contributed by atoms with Gasteiger partial charge in [0.1, 0.15) is 0 Å². The molecule has 0 bridgehead atoms. The van der Waals surface area contributed by atoms with Crippen molar-refractivity contribution in [2.75, 3.05) is 76.3 Å². The first-order valence-corrected chi connectivity index (χ1v) is 11.2. The van der Waals surface area contributed by atoms with Crippen LogP contribution in [0.5, 0.6) is 0 Å². The number of hydrogen-bond donors (Lipinski definition) is 2. The molecule has 0 spiro atoms. The van der Waals surface area contributed by atoms with Crippen molar-refractivity contribution in [2.24, 2.45) is 10.7 Å². The third-order valence-electron chi connectivity index (χ3n) is 4.05. The van der Waals surface area contributed by atoms with Crippen LogP contribution in [0.1, 0.15) is 6.42 Å². The van der Waals surface area contributed by atoms with Crippen LogP contribution in [0.4, 0.5) is 0 Å². The van der Waals surface area contributed by atoms with Gasteiger partial charge in [0, 0.05) is 57.3 Å². The summed E-state index contributed by atoms with van der Waals surface area (Å²) in [6.45, 7) is 6.71. The summed E-state index contributed by atoms with van der Waals surface area (Å²) in [6.07, 6.45) is 0.937. The molecule has 0 aromatic carbocycles. The minimum atomic E-state index is -3.19. The van der Waals surface area contributed by atoms with Gasteiger partial charge in [-0.25, -0.2) is 12.7 Å². The predicted octanol–water partition coefficient (Wildman–Crippen LogP) is -0.390. The highest BCUT2D eigenvalue weighted by Gasteiger charge is 2.23. The van der Waals surface area contributed by atoms with E-state index in [0.717, 1.165) is 50.8 Å². The smallest absolute Gasteiger partial charge is 0.215 e. The molecule has 2 rings (SSSR count). The summed E-state index contributed by atoms with van der Waals surface area (Å²) in [5, 5.41) is 2.90. The zero-order valence-corrected chi connectivity index (χ0v) is 18.5. The molecule has 0 aliphatic carbocycles. The SMILES string of the molecule is I.NC(=NCCCN1CCOCC1)NCCS(=O)(=O)N1CCSCC1. The molecule has 3 N–H and O–H groups in total. The van der Waals surface area contributed by atoms with Crippen molar-refractivity contribution in [1.82, 2.24) is 14.5 Å². The Kier molecular flexibility index (Phi) is 11.7. The Morgan fingerprint density at radius 2 is 1.88 bits per heavy atom. The van der Waals surface area contributed by atoms with Gasteiger partial charge in [-0.15, -0.1) is 24.0 Å². The lowest BCUT2D eigenvalue weighted by molar-refractivity contribution is 0.0377. The molecule has 2 aliphatic heterocycles. The van der Waals surface area contributed by atoms with E-state index >= 15 is 0 Å². The summed E-state index contributed by atoms with van der Waals surface area (Å²) in [5.74, 6) is 2.13. The summed E-state index contributed by atoms with van der Waals surface area (Å²) < 4.78 is 31.2. The summed E-state index contributed by atoms with van der Waals surface area (Å²) in [6, 6.07) is 0. The van der Waals surface area contributed by atoms with Crippen molar-refractivity contribution in [3.63, 3.8) is 0 Å². The molecular formula is C14H30IN5O3S2. The fourth-order valence-corrected chi connectivity index (χ4v) is 5.13. The lowest BCUT2D eigenvalue weighted by Crippen LogP contribution is -2.43. The van der Waals surface area contributed by atoms with Crippen molar-refractivity contribution < 1.29 is 13.2 Å². The van der Waals surface area contributed by atoms with E-state index < -0.39 is 10.0 Å². The highest BCUT2D eigenvalue weighted by Crippen LogP contribution is 2.12. The number of rotatable bonds is 8. The van der Waals surface area contributed by atoms with Crippen molar-refractivity contribution in [1.29, 1.82) is 0 Å². The Labute approximate surface area is 172 Å². The number of nitrogens with one attached hydrogen (secondary N) is 1. The van der Waals surface area contributed by atoms with Crippen LogP contribution in [-0.4, -0.2) is 99.9 Å². The van der Waals surface area contributed by atoms with Gasteiger partial charge in [-0.05, 0) is 6.42 Å². The average Bonchev–Trinajstić information content (AvgIpc) is 2.60. The Hall–Kier alpha value is 0.180. The molecule has 0 atom stereocenters. The number of nitrogens with zero attached hydrogens (tertiary/aromatic N) is 3. The molecule has 8 nitrogen and oxygen atoms in total. The first kappa shape index (κ1) is 23.2. The normalized spacial score (nSPS) is 20.9. The van der Waals surface area contributed by atoms with E-state index in [0.29, 0.717) is 32.1 Å². The van der Waals surface area contributed by atoms with Gasteiger partial charge >= 0.3 is 0 Å². The van der Waals surface area contributed by atoms with Crippen LogP contribution >= 0.6 is 35.7 Å². The second-order valence-electron chi connectivity index (χ2n) is 5.83. The Morgan fingerprint density at radius 3 is 2.56 bits per heavy atom. The van der Waals surface area contributed by atoms with Crippen LogP contribution in [-0.2, 0) is 14.8 Å². The summed E-state index contributed by atoms with van der Waals surface area (Å²) in [4.78, 5) is 6.61. The van der Waals surface area contributed by atoms with Crippen molar-refractivity contribution in [3.05, 3.63) is 0 Å². The van der Waals surface area contributed by atoms with Crippen LogP contribution in [0.25, 0.3) is 0 Å². The number of ether oxygens (including phenoxy) is 1. The predicted molar refractivity (Wildman–Crippen MR) is 114 cm³/mol. The van der Waals surface area contributed by atoms with Crippen LogP contribution in [0, 0.1) is 0 Å². The molecule has 25 heavy (non-hydrogen) atoms. The number of morpholine rings is 1. The molecule has 0 amide bonds. The van der Waals surface area contributed by atoms with Crippen molar-refractivity contribution >= 4 is 51.7 Å². The first-order chi connectivity index (χ1) is 11.6. The number of hydrogen-bond acceptors (Lipinski definition) is 6. The molecule has 0 unspecified atom stereocenters. The van der Waals surface area contributed by atoms with Gasteiger partial charge in [0.05, 0.1) is 19.0 Å². The van der Waals surface area contributed by atoms with Crippen LogP contribution in [0.15, 0.2) is 4.99 Å². The van der Waals surface area contributed by atoms with E-state index in [-0.39, 0.29) is 29.7 Å². The third kappa shape index (κ3) is 9.09. The van der Waals surface area contributed by atoms with Crippen molar-refractivity contribution in [2.45, 2.75) is 6.42 Å². The molecule has 2 aliphatic rings. The van der Waals surface area contributed by atoms with Crippen LogP contribution in [0.2, 0.25) is 0 Å². The Morgan fingerprint density at radius 1 is 1.20 bits per heavy atom. The monoisotopic (exact) mass is 507 g/mol. The van der Waals surface area contributed by atoms with Gasteiger partial charge in [0.25, 0.3) is 0 Å². The summed E-state index contributed by atoms with van der Waals surface area (Å²) in [7, 11) is -3.19. The minimum Gasteiger partial charge on any atom is -0.379 e. The van der Waals surface area contributed by atoms with Gasteiger partial charge in [-0.2, -0.15) is 11.8 Å². The fourth-order valence-electron chi connectivity index (χ4n) is 2.64. The lowest BCUT2D eigenvalue weighted by atomic mass is 10.3. The molecule has 2 fully saturated rings. The number of thioether (sulfide) groups is 1. The topological polar surface area (TPSA) is 100 Å². The fraction of sp³-hybridized carbons (Fsp3) is 0.929. The molecule has 0 radical (unpaired) electrons. The van der Waals surface area contributed by atoms with Crippen LogP contribution in [0.3, 0.4) is 0 Å². The maximum Gasteiger partial charge on any atom is 0.215 e. The van der Waals surface area contributed by atoms with Crippen LogP contribution < -0.4 is 11.1 Å². The standard InChI is InChI=1S/C14H29N5O3S2.HI/c15-14(16-2-1-4-18-5-9-22-10-6-18)17-3-13-24(20,21)19-7-11-23-12-8-19;/h1-13H2,(H3,15,16,17);1H. The lowest BCUT2D eigenvalue weighted by Gasteiger charge is -2.26. The van der Waals surface area contributed by atoms with E-state index in [1.54, 1.807) is 16.1 Å². The number of guanidine groups is 1. The molecule has 2 heterocycles. The number of nitrogens with two attached hydrogens (primary N) is 1. The maximum absolute atomic E-state index is 12.2.